The number of ether oxygens (including phenoxy) is 2. The van der Waals surface area contributed by atoms with Crippen LogP contribution in [-0.2, 0) is 9.47 Å². The van der Waals surface area contributed by atoms with Crippen LogP contribution in [0.25, 0.3) is 0 Å². The fourth-order valence-electron chi connectivity index (χ4n) is 2.23. The van der Waals surface area contributed by atoms with Gasteiger partial charge in [0, 0.05) is 25.6 Å². The van der Waals surface area contributed by atoms with Crippen LogP contribution in [0.4, 0.5) is 0 Å². The van der Waals surface area contributed by atoms with Gasteiger partial charge in [-0.1, -0.05) is 6.07 Å². The van der Waals surface area contributed by atoms with Crippen LogP contribution in [0.3, 0.4) is 0 Å². The molecule has 0 bridgehead atoms. The lowest BCUT2D eigenvalue weighted by Gasteiger charge is -2.22. The van der Waals surface area contributed by atoms with Crippen molar-refractivity contribution >= 4 is 0 Å². The predicted molar refractivity (Wildman–Crippen MR) is 71.4 cm³/mol. The third-order valence-corrected chi connectivity index (χ3v) is 3.32. The van der Waals surface area contributed by atoms with Gasteiger partial charge in [0.1, 0.15) is 0 Å². The van der Waals surface area contributed by atoms with Crippen molar-refractivity contribution in [2.24, 2.45) is 0 Å². The van der Waals surface area contributed by atoms with Gasteiger partial charge in [0.15, 0.2) is 6.29 Å². The van der Waals surface area contributed by atoms with Crippen molar-refractivity contribution in [1.82, 2.24) is 4.98 Å². The number of nitrogens with zero attached hydrogens (tertiary/aromatic N) is 2. The molecule has 0 amide bonds. The Labute approximate surface area is 114 Å². The molecule has 2 atom stereocenters. The first kappa shape index (κ1) is 14.0. The monoisotopic (exact) mass is 260 g/mol. The van der Waals surface area contributed by atoms with E-state index >= 15 is 0 Å². The Bertz CT molecular complexity index is 396. The second kappa shape index (κ2) is 7.88. The highest BCUT2D eigenvalue weighted by molar-refractivity contribution is 5.20. The zero-order valence-corrected chi connectivity index (χ0v) is 11.1. The van der Waals surface area contributed by atoms with Gasteiger partial charge >= 0.3 is 0 Å². The number of pyridine rings is 1. The summed E-state index contributed by atoms with van der Waals surface area (Å²) in [7, 11) is 0. The Morgan fingerprint density at radius 2 is 2.47 bits per heavy atom. The number of hydrogen-bond donors (Lipinski definition) is 0. The molecule has 0 radical (unpaired) electrons. The normalized spacial score (nSPS) is 20.7. The third-order valence-electron chi connectivity index (χ3n) is 3.32. The second-order valence-electron chi connectivity index (χ2n) is 4.78. The highest BCUT2D eigenvalue weighted by Crippen LogP contribution is 2.20. The maximum absolute atomic E-state index is 9.18. The SMILES string of the molecule is N#C[C@H](CCCO[C@@H]1CCCCO1)c1cccnc1. The molecule has 0 saturated carbocycles. The topological polar surface area (TPSA) is 55.1 Å². The van der Waals surface area contributed by atoms with Gasteiger partial charge in [-0.15, -0.1) is 0 Å². The van der Waals surface area contributed by atoms with Crippen LogP contribution >= 0.6 is 0 Å². The summed E-state index contributed by atoms with van der Waals surface area (Å²) in [6, 6.07) is 6.15. The quantitative estimate of drug-likeness (QED) is 0.738. The summed E-state index contributed by atoms with van der Waals surface area (Å²) in [4.78, 5) is 4.05. The summed E-state index contributed by atoms with van der Waals surface area (Å²) >= 11 is 0. The van der Waals surface area contributed by atoms with E-state index in [-0.39, 0.29) is 12.2 Å². The molecule has 4 heteroatoms. The van der Waals surface area contributed by atoms with Crippen molar-refractivity contribution in [2.45, 2.75) is 44.3 Å². The van der Waals surface area contributed by atoms with Gasteiger partial charge in [0.25, 0.3) is 0 Å². The van der Waals surface area contributed by atoms with E-state index < -0.39 is 0 Å². The molecular formula is C15H20N2O2. The molecule has 0 N–H and O–H groups in total. The lowest BCUT2D eigenvalue weighted by molar-refractivity contribution is -0.162. The molecule has 0 aliphatic carbocycles. The summed E-state index contributed by atoms with van der Waals surface area (Å²) in [6.07, 6.45) is 8.43. The molecule has 1 aliphatic rings. The second-order valence-corrected chi connectivity index (χ2v) is 4.78. The number of rotatable bonds is 6. The van der Waals surface area contributed by atoms with E-state index in [1.54, 1.807) is 12.4 Å². The molecule has 0 aromatic carbocycles. The number of nitriles is 1. The van der Waals surface area contributed by atoms with Gasteiger partial charge < -0.3 is 9.47 Å². The smallest absolute Gasteiger partial charge is 0.157 e. The average molecular weight is 260 g/mol. The van der Waals surface area contributed by atoms with Gasteiger partial charge in [0.05, 0.1) is 12.0 Å². The van der Waals surface area contributed by atoms with Gasteiger partial charge in [-0.25, -0.2) is 0 Å². The molecule has 1 aliphatic heterocycles. The van der Waals surface area contributed by atoms with Gasteiger partial charge in [-0.05, 0) is 43.7 Å². The summed E-state index contributed by atoms with van der Waals surface area (Å²) in [5.74, 6) is -0.0930. The van der Waals surface area contributed by atoms with Crippen LogP contribution in [-0.4, -0.2) is 24.5 Å². The first-order chi connectivity index (χ1) is 9.40. The third kappa shape index (κ3) is 4.62. The van der Waals surface area contributed by atoms with Crippen LogP contribution in [0.2, 0.25) is 0 Å². The van der Waals surface area contributed by atoms with Crippen molar-refractivity contribution in [2.75, 3.05) is 13.2 Å². The van der Waals surface area contributed by atoms with E-state index in [4.69, 9.17) is 9.47 Å². The summed E-state index contributed by atoms with van der Waals surface area (Å²) in [5, 5.41) is 9.18. The highest BCUT2D eigenvalue weighted by atomic mass is 16.7. The fourth-order valence-corrected chi connectivity index (χ4v) is 2.23. The molecule has 4 nitrogen and oxygen atoms in total. The number of hydrogen-bond acceptors (Lipinski definition) is 4. The van der Waals surface area contributed by atoms with Crippen LogP contribution in [0, 0.1) is 11.3 Å². The van der Waals surface area contributed by atoms with E-state index in [0.717, 1.165) is 37.9 Å². The van der Waals surface area contributed by atoms with E-state index in [2.05, 4.69) is 11.1 Å². The van der Waals surface area contributed by atoms with Crippen LogP contribution in [0.15, 0.2) is 24.5 Å². The maximum atomic E-state index is 9.18. The molecule has 0 spiro atoms. The van der Waals surface area contributed by atoms with Crippen molar-refractivity contribution in [3.63, 3.8) is 0 Å². The Balaban J connectivity index is 1.68. The standard InChI is InChI=1S/C15H20N2O2/c16-11-13(14-5-3-8-17-12-14)6-4-10-19-15-7-1-2-9-18-15/h3,5,8,12-13,15H,1-2,4,6-7,9-10H2/t13-,15+/m0/s1. The van der Waals surface area contributed by atoms with Crippen molar-refractivity contribution in [3.05, 3.63) is 30.1 Å². The Hall–Kier alpha value is -1.44. The molecule has 1 fully saturated rings. The lowest BCUT2D eigenvalue weighted by atomic mass is 9.97. The molecule has 2 heterocycles. The van der Waals surface area contributed by atoms with Gasteiger partial charge in [-0.3, -0.25) is 4.98 Å². The molecule has 102 valence electrons. The summed E-state index contributed by atoms with van der Waals surface area (Å²) in [6.45, 7) is 1.46. The minimum Gasteiger partial charge on any atom is -0.353 e. The Morgan fingerprint density at radius 3 is 3.16 bits per heavy atom. The summed E-state index contributed by atoms with van der Waals surface area (Å²) in [5.41, 5.74) is 0.985. The lowest BCUT2D eigenvalue weighted by Crippen LogP contribution is -2.22. The van der Waals surface area contributed by atoms with E-state index in [9.17, 15) is 5.26 Å². The first-order valence-electron chi connectivity index (χ1n) is 6.93. The van der Waals surface area contributed by atoms with Crippen molar-refractivity contribution in [3.8, 4) is 6.07 Å². The van der Waals surface area contributed by atoms with Crippen molar-refractivity contribution < 1.29 is 9.47 Å². The Kier molecular flexibility index (Phi) is 5.80. The molecule has 1 saturated heterocycles. The molecule has 2 rings (SSSR count). The fraction of sp³-hybridized carbons (Fsp3) is 0.600. The minimum atomic E-state index is -0.0930. The van der Waals surface area contributed by atoms with Crippen molar-refractivity contribution in [1.29, 1.82) is 5.26 Å². The molecule has 19 heavy (non-hydrogen) atoms. The Morgan fingerprint density at radius 1 is 1.53 bits per heavy atom. The maximum Gasteiger partial charge on any atom is 0.157 e. The van der Waals surface area contributed by atoms with Gasteiger partial charge in [0.2, 0.25) is 0 Å². The highest BCUT2D eigenvalue weighted by Gasteiger charge is 2.14. The van der Waals surface area contributed by atoms with Crippen LogP contribution in [0.5, 0.6) is 0 Å². The molecule has 1 aromatic rings. The van der Waals surface area contributed by atoms with E-state index in [1.165, 1.54) is 6.42 Å². The van der Waals surface area contributed by atoms with E-state index in [0.29, 0.717) is 6.61 Å². The summed E-state index contributed by atoms with van der Waals surface area (Å²) < 4.78 is 11.2. The van der Waals surface area contributed by atoms with Crippen LogP contribution in [0.1, 0.15) is 43.6 Å². The zero-order valence-electron chi connectivity index (χ0n) is 11.1. The average Bonchev–Trinajstić information content (AvgIpc) is 2.49. The zero-order chi connectivity index (χ0) is 13.3. The largest absolute Gasteiger partial charge is 0.353 e. The minimum absolute atomic E-state index is 0.0346. The predicted octanol–water partition coefficient (Wildman–Crippen LogP) is 3.01. The van der Waals surface area contributed by atoms with Gasteiger partial charge in [-0.2, -0.15) is 5.26 Å². The molecule has 1 aromatic heterocycles. The van der Waals surface area contributed by atoms with Crippen LogP contribution < -0.4 is 0 Å². The molecular weight excluding hydrogens is 240 g/mol. The number of aromatic nitrogens is 1. The molecule has 0 unspecified atom stereocenters. The van der Waals surface area contributed by atoms with E-state index in [1.807, 2.05) is 12.1 Å². The first-order valence-corrected chi connectivity index (χ1v) is 6.93.